The van der Waals surface area contributed by atoms with Gasteiger partial charge in [0, 0.05) is 6.54 Å². The third-order valence-corrected chi connectivity index (χ3v) is 4.45. The number of benzene rings is 1. The van der Waals surface area contributed by atoms with Gasteiger partial charge in [0.25, 0.3) is 10.0 Å². The fraction of sp³-hybridized carbons (Fsp3) is 0.417. The van der Waals surface area contributed by atoms with E-state index in [0.717, 1.165) is 25.9 Å². The first kappa shape index (κ1) is 14.3. The Hall–Kier alpha value is -1.11. The Bertz CT molecular complexity index is 595. The van der Waals surface area contributed by atoms with E-state index in [1.165, 1.54) is 0 Å². The van der Waals surface area contributed by atoms with Crippen molar-refractivity contribution in [3.8, 4) is 0 Å². The van der Waals surface area contributed by atoms with Crippen LogP contribution in [0.4, 0.5) is 0 Å². The molecule has 1 aromatic rings. The highest BCUT2D eigenvalue weighted by atomic mass is 35.5. The van der Waals surface area contributed by atoms with Crippen molar-refractivity contribution >= 4 is 28.3 Å². The maximum Gasteiger partial charge on any atom is 0.286 e. The molecule has 0 amide bonds. The van der Waals surface area contributed by atoms with Crippen molar-refractivity contribution in [2.75, 3.05) is 13.1 Å². The lowest BCUT2D eigenvalue weighted by molar-refractivity contribution is 0.156. The summed E-state index contributed by atoms with van der Waals surface area (Å²) in [5.74, 6) is 0.235. The van der Waals surface area contributed by atoms with E-state index in [0.29, 0.717) is 5.56 Å². The average Bonchev–Trinajstić information content (AvgIpc) is 2.63. The molecule has 3 rings (SSSR count). The average molecular weight is 303 g/mol. The molecule has 0 saturated carbocycles. The fourth-order valence-electron chi connectivity index (χ4n) is 2.24. The van der Waals surface area contributed by atoms with E-state index in [9.17, 15) is 8.42 Å². The molecule has 0 radical (unpaired) electrons. The standard InChI is InChI=1S/C12H14N2O3S.ClH/c15-18(16)11-6-2-1-5-10(11)12(14-18)17-9-4-3-7-13-8-9;/h1-2,5-6,9,13H,3-4,7-8H2;1H/t9-;/m1./s1. The molecule has 104 valence electrons. The molecule has 2 aliphatic heterocycles. The first-order chi connectivity index (χ1) is 8.67. The molecule has 2 heterocycles. The summed E-state index contributed by atoms with van der Waals surface area (Å²) in [5, 5.41) is 3.22. The number of halogens is 1. The quantitative estimate of drug-likeness (QED) is 0.850. The molecule has 1 N–H and O–H groups in total. The lowest BCUT2D eigenvalue weighted by Gasteiger charge is -2.23. The predicted octanol–water partition coefficient (Wildman–Crippen LogP) is 1.33. The molecule has 2 aliphatic rings. The molecule has 0 aliphatic carbocycles. The third-order valence-electron chi connectivity index (χ3n) is 3.13. The second-order valence-corrected chi connectivity index (χ2v) is 6.03. The summed E-state index contributed by atoms with van der Waals surface area (Å²) in [4.78, 5) is 0.240. The zero-order valence-corrected chi connectivity index (χ0v) is 11.8. The van der Waals surface area contributed by atoms with E-state index in [4.69, 9.17) is 4.74 Å². The molecule has 0 spiro atoms. The van der Waals surface area contributed by atoms with Crippen LogP contribution < -0.4 is 5.32 Å². The zero-order valence-electron chi connectivity index (χ0n) is 10.2. The molecule has 0 aromatic heterocycles. The van der Waals surface area contributed by atoms with Crippen LogP contribution in [0.25, 0.3) is 0 Å². The van der Waals surface area contributed by atoms with E-state index >= 15 is 0 Å². The lowest BCUT2D eigenvalue weighted by atomic mass is 10.1. The number of fused-ring (bicyclic) bond motifs is 1. The predicted molar refractivity (Wildman–Crippen MR) is 74.4 cm³/mol. The van der Waals surface area contributed by atoms with Gasteiger partial charge in [-0.05, 0) is 31.5 Å². The summed E-state index contributed by atoms with van der Waals surface area (Å²) in [6.07, 6.45) is 1.96. The molecule has 1 saturated heterocycles. The molecular weight excluding hydrogens is 288 g/mol. The van der Waals surface area contributed by atoms with Gasteiger partial charge in [0.15, 0.2) is 0 Å². The van der Waals surface area contributed by atoms with Gasteiger partial charge in [-0.2, -0.15) is 8.42 Å². The number of piperidine rings is 1. The highest BCUT2D eigenvalue weighted by molar-refractivity contribution is 7.90. The summed E-state index contributed by atoms with van der Waals surface area (Å²) in [6.45, 7) is 1.72. The Balaban J connectivity index is 0.00000133. The van der Waals surface area contributed by atoms with E-state index in [1.54, 1.807) is 24.3 Å². The van der Waals surface area contributed by atoms with Crippen molar-refractivity contribution in [1.29, 1.82) is 0 Å². The number of nitrogens with zero attached hydrogens (tertiary/aromatic N) is 1. The second-order valence-electron chi connectivity index (χ2n) is 4.45. The Morgan fingerprint density at radius 2 is 2.11 bits per heavy atom. The van der Waals surface area contributed by atoms with Crippen LogP contribution in [0.3, 0.4) is 0 Å². The van der Waals surface area contributed by atoms with Crippen LogP contribution in [0.5, 0.6) is 0 Å². The molecule has 0 unspecified atom stereocenters. The van der Waals surface area contributed by atoms with Crippen molar-refractivity contribution < 1.29 is 13.2 Å². The number of ether oxygens (including phenoxy) is 1. The van der Waals surface area contributed by atoms with Gasteiger partial charge in [-0.1, -0.05) is 12.1 Å². The molecule has 1 aromatic carbocycles. The first-order valence-electron chi connectivity index (χ1n) is 5.98. The smallest absolute Gasteiger partial charge is 0.286 e. The van der Waals surface area contributed by atoms with Gasteiger partial charge in [0.1, 0.15) is 11.0 Å². The Morgan fingerprint density at radius 1 is 1.32 bits per heavy atom. The van der Waals surface area contributed by atoms with Crippen LogP contribution in [0.1, 0.15) is 18.4 Å². The van der Waals surface area contributed by atoms with E-state index < -0.39 is 10.0 Å². The van der Waals surface area contributed by atoms with Crippen LogP contribution in [-0.4, -0.2) is 33.5 Å². The summed E-state index contributed by atoms with van der Waals surface area (Å²) in [7, 11) is -3.56. The number of hydrogen-bond acceptors (Lipinski definition) is 4. The molecule has 1 fully saturated rings. The van der Waals surface area contributed by atoms with Crippen LogP contribution in [0, 0.1) is 0 Å². The minimum atomic E-state index is -3.56. The second kappa shape index (κ2) is 5.48. The SMILES string of the molecule is Cl.O=S1(=O)N=C(O[C@@H]2CCCNC2)c2ccccc21. The largest absolute Gasteiger partial charge is 0.472 e. The summed E-state index contributed by atoms with van der Waals surface area (Å²) in [5.41, 5.74) is 0.572. The highest BCUT2D eigenvalue weighted by Crippen LogP contribution is 2.27. The van der Waals surface area contributed by atoms with Crippen molar-refractivity contribution in [1.82, 2.24) is 5.32 Å². The monoisotopic (exact) mass is 302 g/mol. The topological polar surface area (TPSA) is 67.8 Å². The third kappa shape index (κ3) is 2.75. The van der Waals surface area contributed by atoms with Crippen LogP contribution in [0.15, 0.2) is 33.6 Å². The molecule has 0 bridgehead atoms. The van der Waals surface area contributed by atoms with Crippen molar-refractivity contribution in [2.24, 2.45) is 4.40 Å². The number of hydrogen-bond donors (Lipinski definition) is 1. The van der Waals surface area contributed by atoms with Crippen LogP contribution >= 0.6 is 12.4 Å². The number of sulfonamides is 1. The maximum atomic E-state index is 11.8. The summed E-state index contributed by atoms with van der Waals surface area (Å²) < 4.78 is 33.1. The van der Waals surface area contributed by atoms with E-state index in [-0.39, 0.29) is 29.3 Å². The first-order valence-corrected chi connectivity index (χ1v) is 7.42. The van der Waals surface area contributed by atoms with E-state index in [2.05, 4.69) is 9.71 Å². The molecule has 7 heteroatoms. The van der Waals surface area contributed by atoms with Crippen LogP contribution in [-0.2, 0) is 14.8 Å². The minimum Gasteiger partial charge on any atom is -0.472 e. The van der Waals surface area contributed by atoms with Crippen molar-refractivity contribution in [3.63, 3.8) is 0 Å². The number of rotatable bonds is 1. The highest BCUT2D eigenvalue weighted by Gasteiger charge is 2.31. The van der Waals surface area contributed by atoms with Gasteiger partial charge >= 0.3 is 0 Å². The summed E-state index contributed by atoms with van der Waals surface area (Å²) >= 11 is 0. The van der Waals surface area contributed by atoms with Gasteiger partial charge in [0.2, 0.25) is 5.90 Å². The van der Waals surface area contributed by atoms with Crippen molar-refractivity contribution in [2.45, 2.75) is 23.8 Å². The Morgan fingerprint density at radius 3 is 2.84 bits per heavy atom. The minimum absolute atomic E-state index is 0. The Kier molecular flexibility index (Phi) is 4.13. The van der Waals surface area contributed by atoms with Crippen LogP contribution in [0.2, 0.25) is 0 Å². The van der Waals surface area contributed by atoms with Crippen molar-refractivity contribution in [3.05, 3.63) is 29.8 Å². The van der Waals surface area contributed by atoms with Gasteiger partial charge < -0.3 is 10.1 Å². The fourth-order valence-corrected chi connectivity index (χ4v) is 3.38. The van der Waals surface area contributed by atoms with Gasteiger partial charge in [-0.3, -0.25) is 0 Å². The van der Waals surface area contributed by atoms with E-state index in [1.807, 2.05) is 0 Å². The Labute approximate surface area is 118 Å². The van der Waals surface area contributed by atoms with Gasteiger partial charge in [-0.15, -0.1) is 16.8 Å². The van der Waals surface area contributed by atoms with Gasteiger partial charge in [0.05, 0.1) is 5.56 Å². The van der Waals surface area contributed by atoms with Gasteiger partial charge in [-0.25, -0.2) is 0 Å². The molecular formula is C12H15ClN2O3S. The molecule has 5 nitrogen and oxygen atoms in total. The maximum absolute atomic E-state index is 11.8. The lowest BCUT2D eigenvalue weighted by Crippen LogP contribution is -2.36. The zero-order chi connectivity index (χ0) is 12.6. The molecule has 19 heavy (non-hydrogen) atoms. The molecule has 1 atom stereocenters. The normalized spacial score (nSPS) is 24.0. The number of nitrogens with one attached hydrogen (secondary N) is 1. The summed E-state index contributed by atoms with van der Waals surface area (Å²) in [6, 6.07) is 6.77.